The first-order chi connectivity index (χ1) is 13.9. The first-order valence-electron chi connectivity index (χ1n) is 8.31. The Balaban J connectivity index is 1.73. The van der Waals surface area contributed by atoms with Crippen molar-refractivity contribution in [2.45, 2.75) is 0 Å². The number of thiocarbonyl (C=S) groups is 1. The molecule has 0 spiro atoms. The average Bonchev–Trinajstić information content (AvgIpc) is 2.99. The van der Waals surface area contributed by atoms with Crippen LogP contribution >= 0.6 is 24.0 Å². The Kier molecular flexibility index (Phi) is 6.25. The normalized spacial score (nSPS) is 14.9. The zero-order chi connectivity index (χ0) is 21.0. The Hall–Kier alpha value is -3.24. The van der Waals surface area contributed by atoms with Crippen molar-refractivity contribution >= 4 is 57.6 Å². The second-order valence-corrected chi connectivity index (χ2v) is 7.51. The van der Waals surface area contributed by atoms with Crippen molar-refractivity contribution in [2.24, 2.45) is 0 Å². The molecule has 1 fully saturated rings. The van der Waals surface area contributed by atoms with Crippen LogP contribution in [-0.4, -0.2) is 39.8 Å². The van der Waals surface area contributed by atoms with Crippen molar-refractivity contribution in [1.82, 2.24) is 4.90 Å². The Morgan fingerprint density at radius 1 is 1.28 bits per heavy atom. The van der Waals surface area contributed by atoms with Gasteiger partial charge in [0, 0.05) is 12.1 Å². The Labute approximate surface area is 175 Å². The number of hydrogen-bond donors (Lipinski definition) is 1. The number of carbonyl (C=O) groups excluding carboxylic acids is 2. The number of esters is 1. The van der Waals surface area contributed by atoms with Gasteiger partial charge < -0.3 is 10.1 Å². The number of non-ortho nitro benzene ring substituents is 1. The fraction of sp³-hybridized carbons (Fsp3) is 0.105. The van der Waals surface area contributed by atoms with Crippen molar-refractivity contribution in [1.29, 1.82) is 0 Å². The lowest BCUT2D eigenvalue weighted by Gasteiger charge is -2.17. The minimum atomic E-state index is -0.489. The number of nitro benzene ring substituents is 1. The molecule has 2 aromatic carbocycles. The molecule has 3 rings (SSSR count). The number of benzene rings is 2. The highest BCUT2D eigenvalue weighted by atomic mass is 32.2. The van der Waals surface area contributed by atoms with E-state index < -0.39 is 10.9 Å². The number of rotatable bonds is 6. The Morgan fingerprint density at radius 3 is 2.62 bits per heavy atom. The third-order valence-corrected chi connectivity index (χ3v) is 5.41. The van der Waals surface area contributed by atoms with Crippen LogP contribution in [0.25, 0.3) is 6.08 Å². The summed E-state index contributed by atoms with van der Waals surface area (Å²) in [6, 6.07) is 12.7. The van der Waals surface area contributed by atoms with E-state index in [1.807, 2.05) is 0 Å². The molecule has 0 saturated carbocycles. The number of methoxy groups -OCH3 is 1. The number of nitro groups is 1. The third kappa shape index (κ3) is 4.61. The minimum absolute atomic E-state index is 0.0248. The lowest BCUT2D eigenvalue weighted by Crippen LogP contribution is -2.33. The third-order valence-electron chi connectivity index (χ3n) is 4.04. The number of nitrogens with one attached hydrogen (secondary N) is 1. The van der Waals surface area contributed by atoms with Crippen LogP contribution in [-0.2, 0) is 9.53 Å². The summed E-state index contributed by atoms with van der Waals surface area (Å²) in [4.78, 5) is 36.6. The zero-order valence-electron chi connectivity index (χ0n) is 15.2. The summed E-state index contributed by atoms with van der Waals surface area (Å²) in [6.07, 6.45) is 1.63. The number of hydrogen-bond acceptors (Lipinski definition) is 8. The van der Waals surface area contributed by atoms with Gasteiger partial charge in [-0.15, -0.1) is 0 Å². The molecule has 29 heavy (non-hydrogen) atoms. The van der Waals surface area contributed by atoms with E-state index in [-0.39, 0.29) is 18.3 Å². The van der Waals surface area contributed by atoms with Crippen LogP contribution in [0.5, 0.6) is 0 Å². The minimum Gasteiger partial charge on any atom is -0.465 e. The van der Waals surface area contributed by atoms with Gasteiger partial charge in [-0.2, -0.15) is 0 Å². The maximum Gasteiger partial charge on any atom is 0.339 e. The SMILES string of the molecule is COC(=O)c1ccccc1NCN1C(=O)/C(=C\c2ccc([N+](=O)[O-])cc2)SC1=S. The predicted octanol–water partition coefficient (Wildman–Crippen LogP) is 3.65. The van der Waals surface area contributed by atoms with E-state index in [0.717, 1.165) is 11.8 Å². The number of carbonyl (C=O) groups is 2. The van der Waals surface area contributed by atoms with Crippen molar-refractivity contribution in [3.63, 3.8) is 0 Å². The first-order valence-corrected chi connectivity index (χ1v) is 9.54. The fourth-order valence-corrected chi connectivity index (χ4v) is 3.82. The summed E-state index contributed by atoms with van der Waals surface area (Å²) >= 11 is 6.44. The average molecular weight is 429 g/mol. The molecule has 0 unspecified atom stereocenters. The van der Waals surface area contributed by atoms with E-state index in [9.17, 15) is 19.7 Å². The summed E-state index contributed by atoms with van der Waals surface area (Å²) in [5.41, 5.74) is 1.50. The highest BCUT2D eigenvalue weighted by molar-refractivity contribution is 8.26. The van der Waals surface area contributed by atoms with Gasteiger partial charge in [0.2, 0.25) is 0 Å². The lowest BCUT2D eigenvalue weighted by molar-refractivity contribution is -0.384. The van der Waals surface area contributed by atoms with Gasteiger partial charge in [0.05, 0.1) is 34.9 Å². The van der Waals surface area contributed by atoms with E-state index in [4.69, 9.17) is 17.0 Å². The maximum atomic E-state index is 12.7. The van der Waals surface area contributed by atoms with Gasteiger partial charge in [0.15, 0.2) is 0 Å². The molecule has 1 aliphatic heterocycles. The molecule has 8 nitrogen and oxygen atoms in total. The van der Waals surface area contributed by atoms with E-state index in [0.29, 0.717) is 26.0 Å². The molecular weight excluding hydrogens is 414 g/mol. The summed E-state index contributed by atoms with van der Waals surface area (Å²) in [5.74, 6) is -0.780. The maximum absolute atomic E-state index is 12.7. The molecular formula is C19H15N3O5S2. The smallest absolute Gasteiger partial charge is 0.339 e. The van der Waals surface area contributed by atoms with Gasteiger partial charge in [0.25, 0.3) is 11.6 Å². The molecule has 0 aromatic heterocycles. The molecule has 1 aliphatic rings. The summed E-state index contributed by atoms with van der Waals surface area (Å²) in [7, 11) is 1.30. The van der Waals surface area contributed by atoms with E-state index >= 15 is 0 Å². The second-order valence-electron chi connectivity index (χ2n) is 5.83. The van der Waals surface area contributed by atoms with Crippen LogP contribution in [0.3, 0.4) is 0 Å². The van der Waals surface area contributed by atoms with E-state index in [1.165, 1.54) is 24.1 Å². The number of amides is 1. The topological polar surface area (TPSA) is 102 Å². The van der Waals surface area contributed by atoms with Gasteiger partial charge in [-0.3, -0.25) is 19.8 Å². The zero-order valence-corrected chi connectivity index (χ0v) is 16.8. The van der Waals surface area contributed by atoms with E-state index in [1.54, 1.807) is 42.5 Å². The van der Waals surface area contributed by atoms with Crippen LogP contribution in [0, 0.1) is 10.1 Å². The molecule has 0 atom stereocenters. The number of nitrogens with zero attached hydrogens (tertiary/aromatic N) is 2. The van der Waals surface area contributed by atoms with Crippen molar-refractivity contribution in [3.8, 4) is 0 Å². The molecule has 10 heteroatoms. The highest BCUT2D eigenvalue weighted by Crippen LogP contribution is 2.32. The van der Waals surface area contributed by atoms with Gasteiger partial charge in [-0.05, 0) is 35.9 Å². The molecule has 1 amide bonds. The van der Waals surface area contributed by atoms with Gasteiger partial charge in [-0.1, -0.05) is 36.1 Å². The monoisotopic (exact) mass is 429 g/mol. The second kappa shape index (κ2) is 8.84. The van der Waals surface area contributed by atoms with Crippen molar-refractivity contribution in [3.05, 3.63) is 74.7 Å². The van der Waals surface area contributed by atoms with Crippen LogP contribution in [0.1, 0.15) is 15.9 Å². The Bertz CT molecular complexity index is 1020. The molecule has 1 saturated heterocycles. The number of para-hydroxylation sites is 1. The molecule has 148 valence electrons. The lowest BCUT2D eigenvalue weighted by atomic mass is 10.2. The van der Waals surface area contributed by atoms with E-state index in [2.05, 4.69) is 5.32 Å². The molecule has 0 bridgehead atoms. The molecule has 0 aliphatic carbocycles. The van der Waals surface area contributed by atoms with Crippen LogP contribution in [0.4, 0.5) is 11.4 Å². The van der Waals surface area contributed by atoms with Gasteiger partial charge >= 0.3 is 5.97 Å². The molecule has 1 heterocycles. The number of thioether (sulfide) groups is 1. The van der Waals surface area contributed by atoms with Crippen LogP contribution in [0.15, 0.2) is 53.4 Å². The Morgan fingerprint density at radius 2 is 1.97 bits per heavy atom. The van der Waals surface area contributed by atoms with Gasteiger partial charge in [0.1, 0.15) is 4.32 Å². The molecule has 1 N–H and O–H groups in total. The largest absolute Gasteiger partial charge is 0.465 e. The first kappa shape index (κ1) is 20.5. The fourth-order valence-electron chi connectivity index (χ4n) is 2.57. The molecule has 2 aromatic rings. The van der Waals surface area contributed by atoms with Crippen molar-refractivity contribution < 1.29 is 19.2 Å². The molecule has 0 radical (unpaired) electrons. The summed E-state index contributed by atoms with van der Waals surface area (Å²) in [5, 5.41) is 13.8. The standard InChI is InChI=1S/C19H15N3O5S2/c1-27-18(24)14-4-2-3-5-15(14)20-11-21-17(23)16(29-19(21)28)10-12-6-8-13(9-7-12)22(25)26/h2-10,20H,11H2,1H3/b16-10+. The van der Waals surface area contributed by atoms with Crippen LogP contribution in [0.2, 0.25) is 0 Å². The predicted molar refractivity (Wildman–Crippen MR) is 114 cm³/mol. The van der Waals surface area contributed by atoms with Crippen molar-refractivity contribution in [2.75, 3.05) is 19.1 Å². The number of ether oxygens (including phenoxy) is 1. The quantitative estimate of drug-likeness (QED) is 0.244. The van der Waals surface area contributed by atoms with Gasteiger partial charge in [-0.25, -0.2) is 4.79 Å². The summed E-state index contributed by atoms with van der Waals surface area (Å²) < 4.78 is 5.12. The highest BCUT2D eigenvalue weighted by Gasteiger charge is 2.32. The van der Waals surface area contributed by atoms with Crippen LogP contribution < -0.4 is 5.32 Å². The number of anilines is 1. The summed E-state index contributed by atoms with van der Waals surface area (Å²) in [6.45, 7) is 0.0796.